The fourth-order valence-corrected chi connectivity index (χ4v) is 5.71. The second kappa shape index (κ2) is 10.2. The third kappa shape index (κ3) is 5.56. The van der Waals surface area contributed by atoms with Crippen LogP contribution in [-0.2, 0) is 27.7 Å². The molecule has 30 heavy (non-hydrogen) atoms. The number of benzene rings is 1. The maximum Gasteiger partial charge on any atom is 0.251 e. The number of amides is 1. The zero-order valence-corrected chi connectivity index (χ0v) is 18.3. The number of hydrogen-bond acceptors (Lipinski definition) is 4. The third-order valence-electron chi connectivity index (χ3n) is 5.84. The highest BCUT2D eigenvalue weighted by Crippen LogP contribution is 2.26. The number of aryl methyl sites for hydroxylation is 2. The minimum atomic E-state index is -3.61. The predicted molar refractivity (Wildman–Crippen MR) is 111 cm³/mol. The predicted octanol–water partition coefficient (Wildman–Crippen LogP) is 2.38. The Kier molecular flexibility index (Phi) is 7.81. The van der Waals surface area contributed by atoms with Crippen molar-refractivity contribution in [2.45, 2.75) is 50.3 Å². The van der Waals surface area contributed by atoms with Crippen LogP contribution in [-0.4, -0.2) is 80.7 Å². The quantitative estimate of drug-likeness (QED) is 0.619. The molecule has 6 nitrogen and oxygen atoms in total. The van der Waals surface area contributed by atoms with Crippen LogP contribution in [0.5, 0.6) is 0 Å². The SMILES string of the molecule is CCCN(CC(=O)N1CCN(S(=O)(=O)c2ccc3c(c2)CCCC3)CC1)CC(F)F. The molecule has 1 amide bonds. The summed E-state index contributed by atoms with van der Waals surface area (Å²) in [6.45, 7) is 2.81. The topological polar surface area (TPSA) is 60.9 Å². The highest BCUT2D eigenvalue weighted by Gasteiger charge is 2.31. The van der Waals surface area contributed by atoms with E-state index in [-0.39, 0.29) is 38.6 Å². The molecule has 1 saturated heterocycles. The van der Waals surface area contributed by atoms with Gasteiger partial charge in [-0.1, -0.05) is 13.0 Å². The summed E-state index contributed by atoms with van der Waals surface area (Å²) in [6.07, 6.45) is 2.33. The fourth-order valence-electron chi connectivity index (χ4n) is 4.23. The Labute approximate surface area is 177 Å². The Morgan fingerprint density at radius 3 is 2.40 bits per heavy atom. The van der Waals surface area contributed by atoms with Gasteiger partial charge >= 0.3 is 0 Å². The molecule has 0 aromatic heterocycles. The van der Waals surface area contributed by atoms with Crippen molar-refractivity contribution in [2.75, 3.05) is 45.8 Å². The van der Waals surface area contributed by atoms with Gasteiger partial charge in [0.25, 0.3) is 6.43 Å². The Hall–Kier alpha value is -1.58. The zero-order valence-electron chi connectivity index (χ0n) is 17.5. The largest absolute Gasteiger partial charge is 0.339 e. The van der Waals surface area contributed by atoms with E-state index in [0.29, 0.717) is 17.9 Å². The number of alkyl halides is 2. The lowest BCUT2D eigenvalue weighted by Crippen LogP contribution is -2.52. The standard InChI is InChI=1S/C21H31F2N3O3S/c1-2-9-24(15-20(22)23)16-21(27)25-10-12-26(13-11-25)30(28,29)19-8-7-17-5-3-4-6-18(17)14-19/h7-8,14,20H,2-6,9-13,15-16H2,1H3. The second-order valence-electron chi connectivity index (χ2n) is 8.05. The van der Waals surface area contributed by atoms with E-state index in [1.165, 1.54) is 14.8 Å². The summed E-state index contributed by atoms with van der Waals surface area (Å²) < 4.78 is 53.0. The van der Waals surface area contributed by atoms with Crippen LogP contribution in [0, 0.1) is 0 Å². The van der Waals surface area contributed by atoms with E-state index in [2.05, 4.69) is 0 Å². The van der Waals surface area contributed by atoms with Gasteiger partial charge in [-0.05, 0) is 61.9 Å². The molecule has 1 heterocycles. The number of nitrogens with zero attached hydrogens (tertiary/aromatic N) is 3. The van der Waals surface area contributed by atoms with E-state index in [9.17, 15) is 22.0 Å². The Bertz CT molecular complexity index is 840. The molecule has 1 fully saturated rings. The van der Waals surface area contributed by atoms with Gasteiger partial charge < -0.3 is 4.90 Å². The van der Waals surface area contributed by atoms with E-state index >= 15 is 0 Å². The molecule has 1 aliphatic heterocycles. The van der Waals surface area contributed by atoms with Crippen LogP contribution in [0.4, 0.5) is 8.78 Å². The Morgan fingerprint density at radius 1 is 1.10 bits per heavy atom. The normalized spacial score (nSPS) is 18.1. The highest BCUT2D eigenvalue weighted by molar-refractivity contribution is 7.89. The van der Waals surface area contributed by atoms with E-state index in [0.717, 1.165) is 31.2 Å². The van der Waals surface area contributed by atoms with Crippen molar-refractivity contribution in [3.8, 4) is 0 Å². The lowest BCUT2D eigenvalue weighted by Gasteiger charge is -2.35. The Morgan fingerprint density at radius 2 is 1.77 bits per heavy atom. The minimum absolute atomic E-state index is 0.0598. The molecule has 2 aliphatic rings. The van der Waals surface area contributed by atoms with Crippen molar-refractivity contribution < 1.29 is 22.0 Å². The average molecular weight is 444 g/mol. The van der Waals surface area contributed by atoms with Gasteiger partial charge in [-0.3, -0.25) is 9.69 Å². The monoisotopic (exact) mass is 443 g/mol. The molecule has 1 aliphatic carbocycles. The fraction of sp³-hybridized carbons (Fsp3) is 0.667. The van der Waals surface area contributed by atoms with Gasteiger partial charge in [0.05, 0.1) is 18.0 Å². The van der Waals surface area contributed by atoms with Crippen LogP contribution in [0.3, 0.4) is 0 Å². The number of piperazine rings is 1. The first-order valence-electron chi connectivity index (χ1n) is 10.7. The van der Waals surface area contributed by atoms with Gasteiger partial charge in [-0.15, -0.1) is 0 Å². The minimum Gasteiger partial charge on any atom is -0.339 e. The Balaban J connectivity index is 1.59. The highest BCUT2D eigenvalue weighted by atomic mass is 32.2. The number of carbonyl (C=O) groups is 1. The lowest BCUT2D eigenvalue weighted by molar-refractivity contribution is -0.134. The molecule has 0 unspecified atom stereocenters. The zero-order chi connectivity index (χ0) is 21.7. The maximum atomic E-state index is 13.1. The van der Waals surface area contributed by atoms with Crippen molar-refractivity contribution in [2.24, 2.45) is 0 Å². The number of halogens is 2. The molecule has 3 rings (SSSR count). The molecule has 9 heteroatoms. The summed E-state index contributed by atoms with van der Waals surface area (Å²) in [6, 6.07) is 5.41. The van der Waals surface area contributed by atoms with Gasteiger partial charge in [-0.25, -0.2) is 17.2 Å². The number of carbonyl (C=O) groups excluding carboxylic acids is 1. The van der Waals surface area contributed by atoms with Crippen LogP contribution in [0.2, 0.25) is 0 Å². The van der Waals surface area contributed by atoms with Gasteiger partial charge in [0.2, 0.25) is 15.9 Å². The van der Waals surface area contributed by atoms with Gasteiger partial charge in [0.15, 0.2) is 0 Å². The molecule has 0 saturated carbocycles. The maximum absolute atomic E-state index is 13.1. The number of fused-ring (bicyclic) bond motifs is 1. The van der Waals surface area contributed by atoms with E-state index in [1.54, 1.807) is 17.0 Å². The van der Waals surface area contributed by atoms with Crippen molar-refractivity contribution in [3.05, 3.63) is 29.3 Å². The first-order chi connectivity index (χ1) is 14.3. The smallest absolute Gasteiger partial charge is 0.251 e. The molecule has 0 bridgehead atoms. The molecule has 0 radical (unpaired) electrons. The van der Waals surface area contributed by atoms with Gasteiger partial charge in [0.1, 0.15) is 0 Å². The lowest BCUT2D eigenvalue weighted by atomic mass is 9.92. The molecule has 1 aromatic carbocycles. The molecular formula is C21H31F2N3O3S. The number of sulfonamides is 1. The molecule has 0 spiro atoms. The number of rotatable bonds is 8. The molecule has 0 N–H and O–H groups in total. The summed E-state index contributed by atoms with van der Waals surface area (Å²) >= 11 is 0. The summed E-state index contributed by atoms with van der Waals surface area (Å²) in [5.41, 5.74) is 2.35. The second-order valence-corrected chi connectivity index (χ2v) is 9.99. The van der Waals surface area contributed by atoms with Crippen molar-refractivity contribution >= 4 is 15.9 Å². The van der Waals surface area contributed by atoms with E-state index < -0.39 is 23.0 Å². The van der Waals surface area contributed by atoms with Crippen LogP contribution < -0.4 is 0 Å². The molecule has 168 valence electrons. The first-order valence-corrected chi connectivity index (χ1v) is 12.2. The first kappa shape index (κ1) is 23.1. The van der Waals surface area contributed by atoms with Crippen LogP contribution >= 0.6 is 0 Å². The van der Waals surface area contributed by atoms with Gasteiger partial charge in [-0.2, -0.15) is 4.31 Å². The summed E-state index contributed by atoms with van der Waals surface area (Å²) in [5, 5.41) is 0. The average Bonchev–Trinajstić information content (AvgIpc) is 2.73. The van der Waals surface area contributed by atoms with Crippen molar-refractivity contribution in [1.82, 2.24) is 14.1 Å². The van der Waals surface area contributed by atoms with E-state index in [4.69, 9.17) is 0 Å². The van der Waals surface area contributed by atoms with Crippen LogP contribution in [0.15, 0.2) is 23.1 Å². The molecule has 1 aromatic rings. The van der Waals surface area contributed by atoms with E-state index in [1.807, 2.05) is 13.0 Å². The number of hydrogen-bond donors (Lipinski definition) is 0. The van der Waals surface area contributed by atoms with Crippen molar-refractivity contribution in [3.63, 3.8) is 0 Å². The van der Waals surface area contributed by atoms with Crippen molar-refractivity contribution in [1.29, 1.82) is 0 Å². The summed E-state index contributed by atoms with van der Waals surface area (Å²) in [5.74, 6) is -0.227. The summed E-state index contributed by atoms with van der Waals surface area (Å²) in [4.78, 5) is 15.9. The van der Waals surface area contributed by atoms with Crippen LogP contribution in [0.1, 0.15) is 37.3 Å². The van der Waals surface area contributed by atoms with Crippen LogP contribution in [0.25, 0.3) is 0 Å². The molecule has 0 atom stereocenters. The third-order valence-corrected chi connectivity index (χ3v) is 7.74. The molecular weight excluding hydrogens is 412 g/mol. The van der Waals surface area contributed by atoms with Gasteiger partial charge in [0, 0.05) is 26.2 Å². The summed E-state index contributed by atoms with van der Waals surface area (Å²) in [7, 11) is -3.61.